The number of benzene rings is 3. The van der Waals surface area contributed by atoms with Crippen LogP contribution in [0.15, 0.2) is 72.4 Å². The number of hydrogen-bond donors (Lipinski definition) is 1. The molecule has 5 rings (SSSR count). The summed E-state index contributed by atoms with van der Waals surface area (Å²) in [7, 11) is 1.57. The van der Waals surface area contributed by atoms with Crippen molar-refractivity contribution in [1.29, 1.82) is 0 Å². The lowest BCUT2D eigenvalue weighted by molar-refractivity contribution is -0.120. The molecular formula is C26H22N2O6. The van der Waals surface area contributed by atoms with Gasteiger partial charge in [-0.2, -0.15) is 0 Å². The highest BCUT2D eigenvalue weighted by molar-refractivity contribution is 6.46. The van der Waals surface area contributed by atoms with Gasteiger partial charge in [-0.15, -0.1) is 0 Å². The SMILES string of the molecule is CCOc1cccc(N2C(=O)C(Nc3ccc4c(c3)OCO4)=C(c3ccc(OC)cc3)C2=O)c1. The number of amides is 2. The lowest BCUT2D eigenvalue weighted by Crippen LogP contribution is -2.32. The number of anilines is 2. The third kappa shape index (κ3) is 3.79. The van der Waals surface area contributed by atoms with Crippen molar-refractivity contribution in [2.24, 2.45) is 0 Å². The van der Waals surface area contributed by atoms with Gasteiger partial charge in [0.25, 0.3) is 11.8 Å². The van der Waals surface area contributed by atoms with Gasteiger partial charge in [-0.25, -0.2) is 4.90 Å². The molecule has 0 unspecified atom stereocenters. The highest BCUT2D eigenvalue weighted by Gasteiger charge is 2.40. The lowest BCUT2D eigenvalue weighted by Gasteiger charge is -2.16. The molecule has 2 amide bonds. The molecule has 34 heavy (non-hydrogen) atoms. The summed E-state index contributed by atoms with van der Waals surface area (Å²) in [5.41, 5.74) is 2.03. The first-order valence-corrected chi connectivity index (χ1v) is 10.8. The molecule has 0 bridgehead atoms. The summed E-state index contributed by atoms with van der Waals surface area (Å²) in [6.07, 6.45) is 0. The van der Waals surface area contributed by atoms with E-state index in [4.69, 9.17) is 18.9 Å². The number of ether oxygens (including phenoxy) is 4. The number of carbonyl (C=O) groups is 2. The van der Waals surface area contributed by atoms with Gasteiger partial charge in [-0.3, -0.25) is 9.59 Å². The Morgan fingerprint density at radius 3 is 2.47 bits per heavy atom. The van der Waals surface area contributed by atoms with Crippen LogP contribution in [0.2, 0.25) is 0 Å². The Morgan fingerprint density at radius 2 is 1.71 bits per heavy atom. The largest absolute Gasteiger partial charge is 0.497 e. The second-order valence-electron chi connectivity index (χ2n) is 7.55. The van der Waals surface area contributed by atoms with Gasteiger partial charge in [0.2, 0.25) is 6.79 Å². The quantitative estimate of drug-likeness (QED) is 0.531. The molecule has 8 heteroatoms. The Balaban J connectivity index is 1.57. The lowest BCUT2D eigenvalue weighted by atomic mass is 10.0. The number of hydrogen-bond acceptors (Lipinski definition) is 7. The van der Waals surface area contributed by atoms with Crippen LogP contribution in [0.3, 0.4) is 0 Å². The summed E-state index contributed by atoms with van der Waals surface area (Å²) in [6.45, 7) is 2.48. The number of nitrogens with one attached hydrogen (secondary N) is 1. The third-order valence-electron chi connectivity index (χ3n) is 5.49. The van der Waals surface area contributed by atoms with Crippen molar-refractivity contribution in [2.75, 3.05) is 30.7 Å². The predicted molar refractivity (Wildman–Crippen MR) is 126 cm³/mol. The van der Waals surface area contributed by atoms with Gasteiger partial charge in [0.05, 0.1) is 25.0 Å². The minimum atomic E-state index is -0.470. The van der Waals surface area contributed by atoms with Crippen molar-refractivity contribution >= 4 is 28.8 Å². The molecule has 1 N–H and O–H groups in total. The van der Waals surface area contributed by atoms with Crippen LogP contribution < -0.4 is 29.2 Å². The highest BCUT2D eigenvalue weighted by atomic mass is 16.7. The van der Waals surface area contributed by atoms with Crippen LogP contribution >= 0.6 is 0 Å². The van der Waals surface area contributed by atoms with Crippen molar-refractivity contribution in [3.05, 3.63) is 78.0 Å². The number of nitrogens with zero attached hydrogens (tertiary/aromatic N) is 1. The van der Waals surface area contributed by atoms with Gasteiger partial charge in [-0.05, 0) is 48.9 Å². The first-order chi connectivity index (χ1) is 16.6. The topological polar surface area (TPSA) is 86.3 Å². The first-order valence-electron chi connectivity index (χ1n) is 10.8. The van der Waals surface area contributed by atoms with E-state index in [9.17, 15) is 9.59 Å². The maximum atomic E-state index is 13.6. The number of carbonyl (C=O) groups excluding carboxylic acids is 2. The van der Waals surface area contributed by atoms with E-state index in [1.165, 1.54) is 0 Å². The van der Waals surface area contributed by atoms with Crippen molar-refractivity contribution in [1.82, 2.24) is 0 Å². The number of fused-ring (bicyclic) bond motifs is 1. The van der Waals surface area contributed by atoms with E-state index in [2.05, 4.69) is 5.32 Å². The van der Waals surface area contributed by atoms with E-state index < -0.39 is 11.8 Å². The Hall–Kier alpha value is -4.46. The van der Waals surface area contributed by atoms with Gasteiger partial charge >= 0.3 is 0 Å². The molecule has 2 heterocycles. The summed E-state index contributed by atoms with van der Waals surface area (Å²) >= 11 is 0. The zero-order chi connectivity index (χ0) is 23.7. The van der Waals surface area contributed by atoms with E-state index in [1.54, 1.807) is 73.8 Å². The zero-order valence-corrected chi connectivity index (χ0v) is 18.7. The van der Waals surface area contributed by atoms with Crippen LogP contribution in [0.5, 0.6) is 23.0 Å². The van der Waals surface area contributed by atoms with Crippen LogP contribution in [0.25, 0.3) is 5.57 Å². The predicted octanol–water partition coefficient (Wildman–Crippen LogP) is 4.22. The zero-order valence-electron chi connectivity index (χ0n) is 18.7. The molecule has 0 aromatic heterocycles. The molecular weight excluding hydrogens is 436 g/mol. The van der Waals surface area contributed by atoms with Gasteiger partial charge in [-0.1, -0.05) is 18.2 Å². The monoisotopic (exact) mass is 458 g/mol. The van der Waals surface area contributed by atoms with Gasteiger partial charge < -0.3 is 24.3 Å². The van der Waals surface area contributed by atoms with E-state index in [1.807, 2.05) is 6.92 Å². The normalized spacial score (nSPS) is 14.6. The average molecular weight is 458 g/mol. The Morgan fingerprint density at radius 1 is 0.912 bits per heavy atom. The fourth-order valence-corrected chi connectivity index (χ4v) is 3.90. The van der Waals surface area contributed by atoms with Gasteiger partial charge in [0, 0.05) is 17.8 Å². The van der Waals surface area contributed by atoms with Gasteiger partial charge in [0.1, 0.15) is 17.2 Å². The maximum absolute atomic E-state index is 13.6. The van der Waals surface area contributed by atoms with E-state index >= 15 is 0 Å². The van der Waals surface area contributed by atoms with Crippen LogP contribution in [-0.4, -0.2) is 32.3 Å². The second-order valence-corrected chi connectivity index (χ2v) is 7.55. The van der Waals surface area contributed by atoms with Crippen LogP contribution in [0.1, 0.15) is 12.5 Å². The molecule has 0 aliphatic carbocycles. The summed E-state index contributed by atoms with van der Waals surface area (Å²) in [6, 6.07) is 19.2. The van der Waals surface area contributed by atoms with Gasteiger partial charge in [0.15, 0.2) is 11.5 Å². The molecule has 0 fully saturated rings. The molecule has 3 aromatic rings. The first kappa shape index (κ1) is 21.4. The van der Waals surface area contributed by atoms with Crippen molar-refractivity contribution in [3.63, 3.8) is 0 Å². The Labute approximate surface area is 196 Å². The highest BCUT2D eigenvalue weighted by Crippen LogP contribution is 2.38. The van der Waals surface area contributed by atoms with Crippen molar-refractivity contribution in [2.45, 2.75) is 6.92 Å². The molecule has 0 saturated heterocycles. The number of methoxy groups -OCH3 is 1. The number of rotatable bonds is 7. The van der Waals surface area contributed by atoms with Crippen molar-refractivity contribution < 1.29 is 28.5 Å². The Bertz CT molecular complexity index is 1300. The Kier molecular flexibility index (Phi) is 5.55. The van der Waals surface area contributed by atoms with E-state index in [0.29, 0.717) is 46.5 Å². The minimum Gasteiger partial charge on any atom is -0.497 e. The molecule has 3 aromatic carbocycles. The average Bonchev–Trinajstić information content (AvgIpc) is 3.41. The molecule has 2 aliphatic heterocycles. The molecule has 8 nitrogen and oxygen atoms in total. The molecule has 2 aliphatic rings. The number of imide groups is 1. The molecule has 0 saturated carbocycles. The summed E-state index contributed by atoms with van der Waals surface area (Å²) < 4.78 is 21.6. The molecule has 0 radical (unpaired) electrons. The van der Waals surface area contributed by atoms with Crippen molar-refractivity contribution in [3.8, 4) is 23.0 Å². The smallest absolute Gasteiger partial charge is 0.282 e. The van der Waals surface area contributed by atoms with Crippen LogP contribution in [-0.2, 0) is 9.59 Å². The maximum Gasteiger partial charge on any atom is 0.282 e. The second kappa shape index (κ2) is 8.82. The summed E-state index contributed by atoms with van der Waals surface area (Å²) in [5.74, 6) is 1.50. The molecule has 0 spiro atoms. The van der Waals surface area contributed by atoms with Crippen LogP contribution in [0.4, 0.5) is 11.4 Å². The minimum absolute atomic E-state index is 0.139. The fourth-order valence-electron chi connectivity index (χ4n) is 3.90. The fraction of sp³-hybridized carbons (Fsp3) is 0.154. The standard InChI is InChI=1S/C26H22N2O6/c1-3-32-20-6-4-5-18(14-20)28-25(29)23(16-7-10-19(31-2)11-8-16)24(26(28)30)27-17-9-12-21-22(13-17)34-15-33-21/h4-14,27H,3,15H2,1-2H3. The van der Waals surface area contributed by atoms with E-state index in [0.717, 1.165) is 4.90 Å². The van der Waals surface area contributed by atoms with Crippen LogP contribution in [0, 0.1) is 0 Å². The third-order valence-corrected chi connectivity index (χ3v) is 5.49. The summed E-state index contributed by atoms with van der Waals surface area (Å²) in [5, 5.41) is 3.14. The molecule has 0 atom stereocenters. The van der Waals surface area contributed by atoms with E-state index in [-0.39, 0.29) is 18.1 Å². The molecule has 172 valence electrons. The summed E-state index contributed by atoms with van der Waals surface area (Å²) in [4.78, 5) is 28.4.